The molecule has 0 amide bonds. The molecule has 0 heterocycles. The molecule has 1 unspecified atom stereocenters. The lowest BCUT2D eigenvalue weighted by molar-refractivity contribution is -0.0132. The van der Waals surface area contributed by atoms with E-state index in [-0.39, 0.29) is 0 Å². The Hall–Kier alpha value is -2.29. The Morgan fingerprint density at radius 1 is 0.688 bits per heavy atom. The highest BCUT2D eigenvalue weighted by molar-refractivity contribution is 5.60. The van der Waals surface area contributed by atoms with Crippen molar-refractivity contribution >= 4 is 6.16 Å². The lowest BCUT2D eigenvalue weighted by atomic mass is 10.0. The summed E-state index contributed by atoms with van der Waals surface area (Å²) in [7, 11) is 0. The highest BCUT2D eigenvalue weighted by Crippen LogP contribution is 2.13. The van der Waals surface area contributed by atoms with E-state index < -0.39 is 11.8 Å². The maximum Gasteiger partial charge on any atom is 0.508 e. The Morgan fingerprint density at radius 3 is 1.47 bits per heavy atom. The molecule has 0 aliphatic carbocycles. The van der Waals surface area contributed by atoms with Gasteiger partial charge in [0.15, 0.2) is 0 Å². The van der Waals surface area contributed by atoms with Crippen LogP contribution in [-0.2, 0) is 9.47 Å². The highest BCUT2D eigenvalue weighted by atomic mass is 16.7. The monoisotopic (exact) mass is 442 g/mol. The molecule has 3 nitrogen and oxygen atoms in total. The van der Waals surface area contributed by atoms with E-state index in [4.69, 9.17) is 9.47 Å². The average molecular weight is 443 g/mol. The minimum Gasteiger partial charge on any atom is -0.434 e. The van der Waals surface area contributed by atoms with E-state index >= 15 is 0 Å². The molecule has 0 aromatic heterocycles. The third kappa shape index (κ3) is 22.4. The van der Waals surface area contributed by atoms with Gasteiger partial charge in [0.2, 0.25) is 0 Å². The third-order valence-corrected chi connectivity index (χ3v) is 4.47. The molecular weight excluding hydrogens is 396 g/mol. The van der Waals surface area contributed by atoms with Crippen molar-refractivity contribution in [3.05, 3.63) is 72.9 Å². The van der Waals surface area contributed by atoms with Gasteiger partial charge < -0.3 is 9.47 Å². The smallest absolute Gasteiger partial charge is 0.434 e. The normalized spacial score (nSPS) is 14.2. The Bertz CT molecular complexity index is 627. The van der Waals surface area contributed by atoms with Crippen LogP contribution in [0.2, 0.25) is 0 Å². The molecule has 0 aliphatic heterocycles. The molecule has 0 spiro atoms. The molecule has 1 atom stereocenters. The SMILES string of the molecule is CCC=CCC=CCC=CCC=CCC=CCC=CCC(CC)COC(=O)OC(C)(C)C. The number of rotatable bonds is 16. The fourth-order valence-corrected chi connectivity index (χ4v) is 2.63. The maximum atomic E-state index is 11.6. The molecule has 0 saturated carbocycles. The van der Waals surface area contributed by atoms with Gasteiger partial charge in [-0.2, -0.15) is 0 Å². The van der Waals surface area contributed by atoms with Crippen molar-refractivity contribution in [2.45, 2.75) is 91.6 Å². The molecule has 0 radical (unpaired) electrons. The van der Waals surface area contributed by atoms with Crippen molar-refractivity contribution in [1.82, 2.24) is 0 Å². The molecule has 0 N–H and O–H groups in total. The fourth-order valence-electron chi connectivity index (χ4n) is 2.63. The second-order valence-corrected chi connectivity index (χ2v) is 8.70. The minimum atomic E-state index is -0.585. The molecule has 0 fully saturated rings. The molecule has 0 rings (SSSR count). The first kappa shape index (κ1) is 29.7. The number of carbonyl (C=O) groups is 1. The standard InChI is InChI=1S/C29H46O3/c1-6-8-9-10-11-12-13-14-15-16-17-18-19-20-21-22-23-24-25-27(7-2)26-31-28(30)32-29(3,4)5/h8-9,11-12,14-15,17-18,20-21,23-24,27H,6-7,10,13,16,19,22,25-26H2,1-5H3. The summed E-state index contributed by atoms with van der Waals surface area (Å²) >= 11 is 0. The second kappa shape index (κ2) is 20.6. The van der Waals surface area contributed by atoms with Gasteiger partial charge in [0.05, 0.1) is 6.61 Å². The van der Waals surface area contributed by atoms with Crippen LogP contribution < -0.4 is 0 Å². The topological polar surface area (TPSA) is 35.5 Å². The molecule has 32 heavy (non-hydrogen) atoms. The number of ether oxygens (including phenoxy) is 2. The van der Waals surface area contributed by atoms with E-state index in [1.54, 1.807) is 0 Å². The van der Waals surface area contributed by atoms with Crippen LogP contribution in [0.5, 0.6) is 0 Å². The summed E-state index contributed by atoms with van der Waals surface area (Å²) in [5.74, 6) is 0.326. The summed E-state index contributed by atoms with van der Waals surface area (Å²) in [6.45, 7) is 10.2. The van der Waals surface area contributed by atoms with Crippen molar-refractivity contribution < 1.29 is 14.3 Å². The summed E-state index contributed by atoms with van der Waals surface area (Å²) in [6, 6.07) is 0. The molecule has 0 aromatic rings. The predicted octanol–water partition coefficient (Wildman–Crippen LogP) is 9.05. The number of hydrogen-bond donors (Lipinski definition) is 0. The van der Waals surface area contributed by atoms with Gasteiger partial charge in [-0.05, 0) is 78.1 Å². The summed E-state index contributed by atoms with van der Waals surface area (Å²) in [6.07, 6.45) is 33.7. The fraction of sp³-hybridized carbons (Fsp3) is 0.552. The van der Waals surface area contributed by atoms with E-state index in [0.717, 1.165) is 51.4 Å². The largest absolute Gasteiger partial charge is 0.508 e. The van der Waals surface area contributed by atoms with Gasteiger partial charge in [0, 0.05) is 0 Å². The Balaban J connectivity index is 3.82. The molecule has 0 aliphatic rings. The molecule has 180 valence electrons. The van der Waals surface area contributed by atoms with Gasteiger partial charge >= 0.3 is 6.16 Å². The van der Waals surface area contributed by atoms with Crippen molar-refractivity contribution in [2.75, 3.05) is 6.61 Å². The summed E-state index contributed by atoms with van der Waals surface area (Å²) in [5.41, 5.74) is -0.514. The van der Waals surface area contributed by atoms with Crippen LogP contribution in [0.25, 0.3) is 0 Å². The Labute approximate surface area is 197 Å². The van der Waals surface area contributed by atoms with Gasteiger partial charge in [-0.15, -0.1) is 0 Å². The Morgan fingerprint density at radius 2 is 1.09 bits per heavy atom. The maximum absolute atomic E-state index is 11.6. The average Bonchev–Trinajstić information content (AvgIpc) is 2.73. The molecule has 0 bridgehead atoms. The first-order chi connectivity index (χ1) is 15.4. The number of allylic oxidation sites excluding steroid dienone is 12. The van der Waals surface area contributed by atoms with E-state index in [0.29, 0.717) is 12.5 Å². The summed E-state index contributed by atoms with van der Waals surface area (Å²) in [4.78, 5) is 11.6. The lowest BCUT2D eigenvalue weighted by Crippen LogP contribution is -2.25. The van der Waals surface area contributed by atoms with Crippen molar-refractivity contribution in [3.63, 3.8) is 0 Å². The number of carbonyl (C=O) groups excluding carboxylic acids is 1. The Kier molecular flexibility index (Phi) is 19.1. The van der Waals surface area contributed by atoms with E-state index in [2.05, 4.69) is 86.8 Å². The van der Waals surface area contributed by atoms with E-state index in [9.17, 15) is 4.79 Å². The lowest BCUT2D eigenvalue weighted by Gasteiger charge is -2.20. The van der Waals surface area contributed by atoms with Crippen LogP contribution in [0.4, 0.5) is 4.79 Å². The van der Waals surface area contributed by atoms with Crippen LogP contribution in [0, 0.1) is 5.92 Å². The molecule has 0 saturated heterocycles. The van der Waals surface area contributed by atoms with Crippen LogP contribution in [0.15, 0.2) is 72.9 Å². The van der Waals surface area contributed by atoms with Crippen LogP contribution in [-0.4, -0.2) is 18.4 Å². The zero-order chi connectivity index (χ0) is 23.9. The van der Waals surface area contributed by atoms with Gasteiger partial charge in [0.25, 0.3) is 0 Å². The summed E-state index contributed by atoms with van der Waals surface area (Å²) in [5, 5.41) is 0. The minimum absolute atomic E-state index is 0.326. The first-order valence-corrected chi connectivity index (χ1v) is 12.1. The number of hydrogen-bond acceptors (Lipinski definition) is 3. The zero-order valence-electron chi connectivity index (χ0n) is 21.1. The quantitative estimate of drug-likeness (QED) is 0.177. The van der Waals surface area contributed by atoms with E-state index in [1.807, 2.05) is 20.8 Å². The van der Waals surface area contributed by atoms with Gasteiger partial charge in [-0.1, -0.05) is 86.8 Å². The molecule has 3 heteroatoms. The molecular formula is C29H46O3. The third-order valence-electron chi connectivity index (χ3n) is 4.47. The first-order valence-electron chi connectivity index (χ1n) is 12.1. The van der Waals surface area contributed by atoms with Gasteiger partial charge in [0.1, 0.15) is 5.60 Å². The predicted molar refractivity (Wildman–Crippen MR) is 139 cm³/mol. The van der Waals surface area contributed by atoms with E-state index in [1.165, 1.54) is 0 Å². The van der Waals surface area contributed by atoms with Crippen LogP contribution in [0.3, 0.4) is 0 Å². The van der Waals surface area contributed by atoms with Gasteiger partial charge in [-0.25, -0.2) is 4.79 Å². The van der Waals surface area contributed by atoms with Crippen LogP contribution in [0.1, 0.15) is 86.0 Å². The summed E-state index contributed by atoms with van der Waals surface area (Å²) < 4.78 is 10.4. The zero-order valence-corrected chi connectivity index (χ0v) is 21.1. The van der Waals surface area contributed by atoms with Crippen molar-refractivity contribution in [2.24, 2.45) is 5.92 Å². The van der Waals surface area contributed by atoms with Crippen molar-refractivity contribution in [3.8, 4) is 0 Å². The van der Waals surface area contributed by atoms with Crippen molar-refractivity contribution in [1.29, 1.82) is 0 Å². The highest BCUT2D eigenvalue weighted by Gasteiger charge is 2.18. The second-order valence-electron chi connectivity index (χ2n) is 8.70. The van der Waals surface area contributed by atoms with Crippen LogP contribution >= 0.6 is 0 Å². The molecule has 0 aromatic carbocycles. The van der Waals surface area contributed by atoms with Gasteiger partial charge in [-0.3, -0.25) is 0 Å².